The first-order valence-electron chi connectivity index (χ1n) is 5.82. The minimum atomic E-state index is -0.583. The minimum absolute atomic E-state index is 0.237. The van der Waals surface area contributed by atoms with E-state index in [4.69, 9.17) is 9.68 Å². The van der Waals surface area contributed by atoms with Crippen molar-refractivity contribution >= 4 is 5.91 Å². The van der Waals surface area contributed by atoms with E-state index in [0.29, 0.717) is 12.3 Å². The van der Waals surface area contributed by atoms with Gasteiger partial charge in [0.15, 0.2) is 0 Å². The summed E-state index contributed by atoms with van der Waals surface area (Å²) in [5.41, 5.74) is 0. The number of nitriles is 1. The van der Waals surface area contributed by atoms with E-state index in [1.54, 1.807) is 6.20 Å². The van der Waals surface area contributed by atoms with Gasteiger partial charge < -0.3 is 9.73 Å². The third-order valence-corrected chi connectivity index (χ3v) is 2.41. The molecule has 1 heterocycles. The van der Waals surface area contributed by atoms with Crippen LogP contribution >= 0.6 is 0 Å². The highest BCUT2D eigenvalue weighted by molar-refractivity contribution is 5.80. The summed E-state index contributed by atoms with van der Waals surface area (Å²) >= 11 is 0. The van der Waals surface area contributed by atoms with Crippen LogP contribution in [0, 0.1) is 17.2 Å². The Labute approximate surface area is 101 Å². The van der Waals surface area contributed by atoms with Gasteiger partial charge in [-0.3, -0.25) is 4.79 Å². The van der Waals surface area contributed by atoms with Crippen molar-refractivity contribution in [2.45, 2.75) is 39.7 Å². The number of carbonyl (C=O) groups excluding carboxylic acids is 1. The fraction of sp³-hybridized carbons (Fsp3) is 0.583. The van der Waals surface area contributed by atoms with Crippen molar-refractivity contribution in [3.63, 3.8) is 0 Å². The highest BCUT2D eigenvalue weighted by atomic mass is 16.4. The molecule has 1 amide bonds. The van der Waals surface area contributed by atoms with Crippen LogP contribution in [-0.2, 0) is 17.8 Å². The number of amides is 1. The van der Waals surface area contributed by atoms with E-state index in [2.05, 4.69) is 10.3 Å². The lowest BCUT2D eigenvalue weighted by molar-refractivity contribution is -0.123. The van der Waals surface area contributed by atoms with Crippen molar-refractivity contribution in [2.75, 3.05) is 0 Å². The Hall–Kier alpha value is -1.83. The Kier molecular flexibility index (Phi) is 5.21. The maximum absolute atomic E-state index is 11.6. The topological polar surface area (TPSA) is 78.9 Å². The molecule has 5 nitrogen and oxygen atoms in total. The normalized spacial score (nSPS) is 11.8. The molecule has 0 saturated carbocycles. The van der Waals surface area contributed by atoms with Gasteiger partial charge in [0.2, 0.25) is 11.8 Å². The molecule has 17 heavy (non-hydrogen) atoms. The van der Waals surface area contributed by atoms with E-state index in [1.807, 2.05) is 19.9 Å². The zero-order valence-electron chi connectivity index (χ0n) is 10.2. The number of rotatable bonds is 6. The Morgan fingerprint density at radius 1 is 1.65 bits per heavy atom. The van der Waals surface area contributed by atoms with Crippen LogP contribution in [0.3, 0.4) is 0 Å². The number of nitrogens with one attached hydrogen (secondary N) is 1. The van der Waals surface area contributed by atoms with Gasteiger partial charge in [0, 0.05) is 6.42 Å². The lowest BCUT2D eigenvalue weighted by Crippen LogP contribution is -2.29. The van der Waals surface area contributed by atoms with Gasteiger partial charge >= 0.3 is 0 Å². The summed E-state index contributed by atoms with van der Waals surface area (Å²) in [6.07, 6.45) is 3.81. The number of nitrogens with zero attached hydrogens (tertiary/aromatic N) is 2. The molecule has 0 aliphatic carbocycles. The van der Waals surface area contributed by atoms with Gasteiger partial charge in [0.25, 0.3) is 0 Å². The van der Waals surface area contributed by atoms with Crippen LogP contribution in [0.1, 0.15) is 38.3 Å². The Bertz CT molecular complexity index is 406. The average molecular weight is 235 g/mol. The zero-order chi connectivity index (χ0) is 12.7. The third kappa shape index (κ3) is 3.91. The van der Waals surface area contributed by atoms with Crippen LogP contribution < -0.4 is 5.32 Å². The molecule has 92 valence electrons. The fourth-order valence-electron chi connectivity index (χ4n) is 1.42. The number of aromatic nitrogens is 1. The molecule has 0 saturated heterocycles. The van der Waals surface area contributed by atoms with E-state index in [0.717, 1.165) is 18.6 Å². The maximum atomic E-state index is 11.6. The molecule has 0 bridgehead atoms. The monoisotopic (exact) mass is 235 g/mol. The van der Waals surface area contributed by atoms with Crippen molar-refractivity contribution in [1.82, 2.24) is 10.3 Å². The number of hydrogen-bond acceptors (Lipinski definition) is 4. The molecule has 1 aromatic rings. The molecule has 0 aromatic carbocycles. The molecule has 0 radical (unpaired) electrons. The molecule has 0 aliphatic heterocycles. The highest BCUT2D eigenvalue weighted by Gasteiger charge is 2.16. The van der Waals surface area contributed by atoms with E-state index >= 15 is 0 Å². The molecule has 1 N–H and O–H groups in total. The predicted molar refractivity (Wildman–Crippen MR) is 61.7 cm³/mol. The summed E-state index contributed by atoms with van der Waals surface area (Å²) in [6, 6.07) is 1.99. The second-order valence-corrected chi connectivity index (χ2v) is 3.76. The molecule has 1 aromatic heterocycles. The van der Waals surface area contributed by atoms with E-state index in [-0.39, 0.29) is 12.5 Å². The van der Waals surface area contributed by atoms with Crippen LogP contribution in [0.2, 0.25) is 0 Å². The Balaban J connectivity index is 2.44. The van der Waals surface area contributed by atoms with Crippen LogP contribution in [0.4, 0.5) is 0 Å². The fourth-order valence-corrected chi connectivity index (χ4v) is 1.42. The van der Waals surface area contributed by atoms with Gasteiger partial charge in [-0.1, -0.05) is 20.3 Å². The van der Waals surface area contributed by atoms with Gasteiger partial charge in [-0.15, -0.1) is 0 Å². The van der Waals surface area contributed by atoms with Crippen LogP contribution in [0.15, 0.2) is 10.6 Å². The quantitative estimate of drug-likeness (QED) is 0.815. The number of oxazole rings is 1. The molecule has 1 unspecified atom stereocenters. The molecule has 0 fully saturated rings. The van der Waals surface area contributed by atoms with Crippen molar-refractivity contribution in [2.24, 2.45) is 5.92 Å². The zero-order valence-corrected chi connectivity index (χ0v) is 10.2. The second kappa shape index (κ2) is 6.69. The average Bonchev–Trinajstić information content (AvgIpc) is 2.81. The number of carbonyl (C=O) groups is 1. The lowest BCUT2D eigenvalue weighted by atomic mass is 10.1. The third-order valence-electron chi connectivity index (χ3n) is 2.41. The summed E-state index contributed by atoms with van der Waals surface area (Å²) in [6.45, 7) is 4.15. The van der Waals surface area contributed by atoms with Gasteiger partial charge in [0.1, 0.15) is 11.7 Å². The molecule has 1 atom stereocenters. The first-order valence-corrected chi connectivity index (χ1v) is 5.82. The largest absolute Gasteiger partial charge is 0.444 e. The Morgan fingerprint density at radius 2 is 2.41 bits per heavy atom. The first-order chi connectivity index (χ1) is 8.21. The predicted octanol–water partition coefficient (Wildman–Crippen LogP) is 1.79. The molecule has 0 spiro atoms. The van der Waals surface area contributed by atoms with Gasteiger partial charge in [0.05, 0.1) is 18.8 Å². The summed E-state index contributed by atoms with van der Waals surface area (Å²) in [7, 11) is 0. The Morgan fingerprint density at radius 3 is 2.94 bits per heavy atom. The van der Waals surface area contributed by atoms with E-state index < -0.39 is 5.92 Å². The summed E-state index contributed by atoms with van der Waals surface area (Å²) in [4.78, 5) is 15.6. The van der Waals surface area contributed by atoms with Gasteiger partial charge in [-0.2, -0.15) is 5.26 Å². The van der Waals surface area contributed by atoms with Gasteiger partial charge in [-0.25, -0.2) is 4.98 Å². The molecule has 5 heteroatoms. The summed E-state index contributed by atoms with van der Waals surface area (Å²) in [5, 5.41) is 11.5. The smallest absolute Gasteiger partial charge is 0.237 e. The number of aryl methyl sites for hydroxylation is 1. The molecular formula is C12H17N3O2. The summed E-state index contributed by atoms with van der Waals surface area (Å²) < 4.78 is 5.35. The van der Waals surface area contributed by atoms with Crippen molar-refractivity contribution in [3.05, 3.63) is 17.8 Å². The second-order valence-electron chi connectivity index (χ2n) is 3.76. The maximum Gasteiger partial charge on any atom is 0.237 e. The van der Waals surface area contributed by atoms with Crippen molar-refractivity contribution in [1.29, 1.82) is 5.26 Å². The van der Waals surface area contributed by atoms with Crippen LogP contribution in [-0.4, -0.2) is 10.9 Å². The van der Waals surface area contributed by atoms with Crippen LogP contribution in [0.25, 0.3) is 0 Å². The van der Waals surface area contributed by atoms with Crippen molar-refractivity contribution < 1.29 is 9.21 Å². The first kappa shape index (κ1) is 13.2. The highest BCUT2D eigenvalue weighted by Crippen LogP contribution is 2.07. The van der Waals surface area contributed by atoms with E-state index in [9.17, 15) is 4.79 Å². The molecule has 1 rings (SSSR count). The van der Waals surface area contributed by atoms with Crippen molar-refractivity contribution in [3.8, 4) is 6.07 Å². The van der Waals surface area contributed by atoms with E-state index in [1.165, 1.54) is 0 Å². The molecular weight excluding hydrogens is 218 g/mol. The SMILES string of the molecule is CCCC(C#N)C(=O)NCc1ncc(CC)o1. The van der Waals surface area contributed by atoms with Crippen LogP contribution in [0.5, 0.6) is 0 Å². The molecule has 0 aliphatic rings. The minimum Gasteiger partial charge on any atom is -0.444 e. The number of hydrogen-bond donors (Lipinski definition) is 1. The standard InChI is InChI=1S/C12H17N3O2/c1-3-5-9(6-13)12(16)15-8-11-14-7-10(4-2)17-11/h7,9H,3-5,8H2,1-2H3,(H,15,16). The lowest BCUT2D eigenvalue weighted by Gasteiger charge is -2.07. The summed E-state index contributed by atoms with van der Waals surface area (Å²) in [5.74, 6) is 0.425. The van der Waals surface area contributed by atoms with Gasteiger partial charge in [-0.05, 0) is 6.42 Å².